The number of nitrogens with zero attached hydrogens (tertiary/aromatic N) is 3. The zero-order valence-corrected chi connectivity index (χ0v) is 21.5. The molecular formula is C27H33ClN6O2. The van der Waals surface area contributed by atoms with E-state index in [-0.39, 0.29) is 23.2 Å². The van der Waals surface area contributed by atoms with Crippen LogP contribution in [0.15, 0.2) is 59.5 Å². The molecule has 1 aliphatic heterocycles. The zero-order valence-electron chi connectivity index (χ0n) is 20.8. The van der Waals surface area contributed by atoms with Crippen LogP contribution in [0.5, 0.6) is 0 Å². The molecule has 1 atom stereocenters. The van der Waals surface area contributed by atoms with Gasteiger partial charge >= 0.3 is 6.03 Å². The van der Waals surface area contributed by atoms with Crippen molar-refractivity contribution in [1.29, 1.82) is 0 Å². The number of carbonyl (C=O) groups excluding carboxylic acids is 1. The summed E-state index contributed by atoms with van der Waals surface area (Å²) in [5, 5.41) is 13.6. The van der Waals surface area contributed by atoms with E-state index in [2.05, 4.69) is 39.8 Å². The van der Waals surface area contributed by atoms with Crippen molar-refractivity contribution in [3.8, 4) is 0 Å². The molecule has 1 saturated heterocycles. The molecule has 8 nitrogen and oxygen atoms in total. The van der Waals surface area contributed by atoms with Crippen LogP contribution in [0.25, 0.3) is 0 Å². The smallest absolute Gasteiger partial charge is 0.323 e. The molecule has 3 N–H and O–H groups in total. The fourth-order valence-electron chi connectivity index (χ4n) is 4.17. The molecule has 1 aliphatic rings. The van der Waals surface area contributed by atoms with Gasteiger partial charge in [-0.3, -0.25) is 4.79 Å². The summed E-state index contributed by atoms with van der Waals surface area (Å²) in [4.78, 5) is 27.3. The molecule has 3 aromatic rings. The summed E-state index contributed by atoms with van der Waals surface area (Å²) in [6.45, 7) is 8.06. The van der Waals surface area contributed by atoms with Gasteiger partial charge in [0.15, 0.2) is 0 Å². The number of nitrogens with one attached hydrogen (secondary N) is 3. The Labute approximate surface area is 216 Å². The Morgan fingerprint density at radius 1 is 1.06 bits per heavy atom. The van der Waals surface area contributed by atoms with Crippen molar-refractivity contribution in [2.75, 3.05) is 41.7 Å². The molecule has 2 amide bonds. The van der Waals surface area contributed by atoms with Crippen LogP contribution < -0.4 is 26.4 Å². The maximum Gasteiger partial charge on any atom is 0.323 e. The number of aromatic nitrogens is 2. The van der Waals surface area contributed by atoms with Gasteiger partial charge < -0.3 is 20.9 Å². The number of hydrogen-bond donors (Lipinski definition) is 3. The largest absolute Gasteiger partial charge is 0.368 e. The van der Waals surface area contributed by atoms with Gasteiger partial charge in [0.25, 0.3) is 5.56 Å². The summed E-state index contributed by atoms with van der Waals surface area (Å²) in [6, 6.07) is 14.9. The summed E-state index contributed by atoms with van der Waals surface area (Å²) >= 11 is 6.44. The van der Waals surface area contributed by atoms with E-state index in [0.29, 0.717) is 17.3 Å². The average molecular weight is 509 g/mol. The first-order valence-electron chi connectivity index (χ1n) is 12.4. The summed E-state index contributed by atoms with van der Waals surface area (Å²) in [5.41, 5.74) is 3.88. The van der Waals surface area contributed by atoms with Gasteiger partial charge in [0.05, 0.1) is 18.4 Å². The van der Waals surface area contributed by atoms with Crippen LogP contribution in [-0.2, 0) is 6.54 Å². The molecule has 2 aromatic carbocycles. The van der Waals surface area contributed by atoms with Crippen LogP contribution >= 0.6 is 11.6 Å². The highest BCUT2D eigenvalue weighted by Gasteiger charge is 2.17. The lowest BCUT2D eigenvalue weighted by Crippen LogP contribution is -2.32. The second kappa shape index (κ2) is 12.1. The molecule has 0 spiro atoms. The fourth-order valence-corrected chi connectivity index (χ4v) is 4.43. The Morgan fingerprint density at radius 3 is 2.39 bits per heavy atom. The highest BCUT2D eigenvalue weighted by Crippen LogP contribution is 2.22. The van der Waals surface area contributed by atoms with E-state index in [4.69, 9.17) is 11.6 Å². The third kappa shape index (κ3) is 6.44. The topological polar surface area (TPSA) is 91.3 Å². The van der Waals surface area contributed by atoms with Crippen LogP contribution in [0, 0.1) is 0 Å². The Hall–Kier alpha value is -3.36. The van der Waals surface area contributed by atoms with E-state index in [9.17, 15) is 9.59 Å². The van der Waals surface area contributed by atoms with Gasteiger partial charge in [-0.15, -0.1) is 0 Å². The van der Waals surface area contributed by atoms with Crippen LogP contribution in [0.3, 0.4) is 0 Å². The van der Waals surface area contributed by atoms with E-state index in [1.54, 1.807) is 18.3 Å². The van der Waals surface area contributed by atoms with E-state index < -0.39 is 0 Å². The van der Waals surface area contributed by atoms with E-state index in [1.165, 1.54) is 10.2 Å². The van der Waals surface area contributed by atoms with Crippen LogP contribution in [0.4, 0.5) is 21.9 Å². The molecule has 0 radical (unpaired) electrons. The first-order chi connectivity index (χ1) is 17.4. The predicted octanol–water partition coefficient (Wildman–Crippen LogP) is 4.90. The molecule has 0 bridgehead atoms. The Morgan fingerprint density at radius 2 is 1.72 bits per heavy atom. The number of benzene rings is 2. The van der Waals surface area contributed by atoms with Gasteiger partial charge in [-0.25, -0.2) is 9.48 Å². The van der Waals surface area contributed by atoms with E-state index in [1.807, 2.05) is 36.4 Å². The van der Waals surface area contributed by atoms with Crippen LogP contribution in [0.1, 0.15) is 43.7 Å². The minimum atomic E-state index is -0.317. The zero-order chi connectivity index (χ0) is 25.5. The molecule has 190 valence electrons. The fraction of sp³-hybridized carbons (Fsp3) is 0.370. The number of anilines is 3. The summed E-state index contributed by atoms with van der Waals surface area (Å²) < 4.78 is 1.36. The highest BCUT2D eigenvalue weighted by atomic mass is 35.5. The quantitative estimate of drug-likeness (QED) is 0.422. The molecular weight excluding hydrogens is 476 g/mol. The van der Waals surface area contributed by atoms with E-state index >= 15 is 0 Å². The van der Waals surface area contributed by atoms with E-state index in [0.717, 1.165) is 50.3 Å². The molecule has 9 heteroatoms. The maximum atomic E-state index is 12.8. The van der Waals surface area contributed by atoms with Crippen molar-refractivity contribution in [2.24, 2.45) is 0 Å². The van der Waals surface area contributed by atoms with Gasteiger partial charge in [0.2, 0.25) is 0 Å². The predicted molar refractivity (Wildman–Crippen MR) is 147 cm³/mol. The number of urea groups is 1. The molecule has 2 heterocycles. The number of rotatable bonds is 7. The lowest BCUT2D eigenvalue weighted by molar-refractivity contribution is 0.262. The molecule has 1 unspecified atom stereocenters. The van der Waals surface area contributed by atoms with Gasteiger partial charge in [-0.1, -0.05) is 49.7 Å². The molecule has 36 heavy (non-hydrogen) atoms. The van der Waals surface area contributed by atoms with Crippen molar-refractivity contribution in [3.63, 3.8) is 0 Å². The van der Waals surface area contributed by atoms with Crippen molar-refractivity contribution >= 4 is 34.7 Å². The second-order valence-corrected chi connectivity index (χ2v) is 9.48. The summed E-state index contributed by atoms with van der Waals surface area (Å²) in [6.07, 6.45) is 3.73. The average Bonchev–Trinajstić information content (AvgIpc) is 3.17. The summed E-state index contributed by atoms with van der Waals surface area (Å²) in [7, 11) is 0. The number of amides is 2. The SMILES string of the molecule is CCC(C)c1ccc(NC(=O)Nc2ccc(Cn3ncc(N4CCCNCC4)c(Cl)c3=O)cc2)cc1. The first kappa shape index (κ1) is 25.7. The number of hydrogen-bond acceptors (Lipinski definition) is 5. The lowest BCUT2D eigenvalue weighted by Gasteiger charge is -2.23. The monoisotopic (exact) mass is 508 g/mol. The van der Waals surface area contributed by atoms with Crippen LogP contribution in [0.2, 0.25) is 5.02 Å². The Balaban J connectivity index is 1.35. The number of halogens is 1. The van der Waals surface area contributed by atoms with Gasteiger partial charge in [-0.2, -0.15) is 5.10 Å². The third-order valence-electron chi connectivity index (χ3n) is 6.54. The first-order valence-corrected chi connectivity index (χ1v) is 12.8. The van der Waals surface area contributed by atoms with Crippen molar-refractivity contribution in [3.05, 3.63) is 81.2 Å². The van der Waals surface area contributed by atoms with Gasteiger partial charge in [0, 0.05) is 31.0 Å². The maximum absolute atomic E-state index is 12.8. The lowest BCUT2D eigenvalue weighted by atomic mass is 9.99. The van der Waals surface area contributed by atoms with Crippen LogP contribution in [-0.4, -0.2) is 42.0 Å². The minimum absolute atomic E-state index is 0.194. The van der Waals surface area contributed by atoms with Crippen molar-refractivity contribution in [1.82, 2.24) is 15.1 Å². The highest BCUT2D eigenvalue weighted by molar-refractivity contribution is 6.33. The van der Waals surface area contributed by atoms with Crippen molar-refractivity contribution in [2.45, 2.75) is 39.2 Å². The standard InChI is InChI=1S/C27H33ClN6O2/c1-3-19(2)21-7-11-23(12-8-21)32-27(36)31-22-9-5-20(6-10-22)18-34-26(35)25(28)24(17-30-34)33-15-4-13-29-14-16-33/h5-12,17,19,29H,3-4,13-16,18H2,1-2H3,(H2,31,32,36). The molecule has 1 aromatic heterocycles. The molecule has 0 saturated carbocycles. The second-order valence-electron chi connectivity index (χ2n) is 9.10. The number of carbonyl (C=O) groups is 1. The normalized spacial score (nSPS) is 14.7. The molecule has 1 fully saturated rings. The van der Waals surface area contributed by atoms with Gasteiger partial charge in [-0.05, 0) is 60.7 Å². The molecule has 4 rings (SSSR count). The minimum Gasteiger partial charge on any atom is -0.368 e. The Bertz CT molecular complexity index is 1220. The summed E-state index contributed by atoms with van der Waals surface area (Å²) in [5.74, 6) is 0.489. The van der Waals surface area contributed by atoms with Gasteiger partial charge in [0.1, 0.15) is 5.02 Å². The molecule has 0 aliphatic carbocycles. The third-order valence-corrected chi connectivity index (χ3v) is 6.90. The van der Waals surface area contributed by atoms with Crippen molar-refractivity contribution < 1.29 is 4.79 Å². The Kier molecular flexibility index (Phi) is 8.61.